The number of aliphatic hydroxyl groups is 1. The molecule has 2 aromatic carbocycles. The molecule has 1 atom stereocenters. The smallest absolute Gasteiger partial charge is 0.251 e. The second-order valence-electron chi connectivity index (χ2n) is 5.24. The number of hydrogen-bond donors (Lipinski definition) is 3. The van der Waals surface area contributed by atoms with Gasteiger partial charge < -0.3 is 15.7 Å². The quantitative estimate of drug-likeness (QED) is 0.724. The van der Waals surface area contributed by atoms with Gasteiger partial charge in [0.25, 0.3) is 5.91 Å². The van der Waals surface area contributed by atoms with E-state index in [1.54, 1.807) is 0 Å². The van der Waals surface area contributed by atoms with Gasteiger partial charge >= 0.3 is 0 Å². The van der Waals surface area contributed by atoms with Crippen LogP contribution in [0.1, 0.15) is 28.4 Å². The lowest BCUT2D eigenvalue weighted by atomic mass is 10.0. The summed E-state index contributed by atoms with van der Waals surface area (Å²) in [6, 6.07) is 14.2. The first kappa shape index (κ1) is 17.6. The molecule has 3 N–H and O–H groups in total. The standard InChI is InChI=1S/C18H19FN2O3/c19-15-8-4-7-14(11-15)18(24)20-12-17(23)21-16(9-10-22)13-5-2-1-3-6-13/h1-8,11,16,22H,9-10,12H2,(H,20,24)(H,21,23). The van der Waals surface area contributed by atoms with Gasteiger partial charge in [-0.15, -0.1) is 0 Å². The summed E-state index contributed by atoms with van der Waals surface area (Å²) in [6.07, 6.45) is 0.369. The van der Waals surface area contributed by atoms with E-state index in [1.165, 1.54) is 18.2 Å². The van der Waals surface area contributed by atoms with E-state index >= 15 is 0 Å². The van der Waals surface area contributed by atoms with Gasteiger partial charge in [0, 0.05) is 12.2 Å². The second-order valence-corrected chi connectivity index (χ2v) is 5.24. The fraction of sp³-hybridized carbons (Fsp3) is 0.222. The molecular weight excluding hydrogens is 311 g/mol. The number of carbonyl (C=O) groups is 2. The lowest BCUT2D eigenvalue weighted by molar-refractivity contribution is -0.121. The second kappa shape index (κ2) is 8.79. The molecule has 126 valence electrons. The average molecular weight is 330 g/mol. The number of hydrogen-bond acceptors (Lipinski definition) is 3. The first-order valence-electron chi connectivity index (χ1n) is 7.59. The third-order valence-corrected chi connectivity index (χ3v) is 3.45. The van der Waals surface area contributed by atoms with Gasteiger partial charge in [-0.25, -0.2) is 4.39 Å². The van der Waals surface area contributed by atoms with E-state index < -0.39 is 11.7 Å². The summed E-state index contributed by atoms with van der Waals surface area (Å²) >= 11 is 0. The van der Waals surface area contributed by atoms with Gasteiger partial charge in [-0.3, -0.25) is 9.59 Å². The van der Waals surface area contributed by atoms with E-state index in [0.717, 1.165) is 11.6 Å². The molecular formula is C18H19FN2O3. The van der Waals surface area contributed by atoms with Gasteiger partial charge in [0.2, 0.25) is 5.91 Å². The van der Waals surface area contributed by atoms with Crippen molar-refractivity contribution in [1.29, 1.82) is 0 Å². The van der Waals surface area contributed by atoms with Crippen molar-refractivity contribution in [2.24, 2.45) is 0 Å². The molecule has 0 fully saturated rings. The van der Waals surface area contributed by atoms with E-state index in [0.29, 0.717) is 6.42 Å². The Labute approximate surface area is 139 Å². The fourth-order valence-corrected chi connectivity index (χ4v) is 2.27. The van der Waals surface area contributed by atoms with Crippen LogP contribution in [-0.2, 0) is 4.79 Å². The first-order chi connectivity index (χ1) is 11.6. The lowest BCUT2D eigenvalue weighted by Crippen LogP contribution is -2.39. The number of nitrogens with one attached hydrogen (secondary N) is 2. The predicted molar refractivity (Wildman–Crippen MR) is 87.8 cm³/mol. The molecule has 5 nitrogen and oxygen atoms in total. The highest BCUT2D eigenvalue weighted by molar-refractivity contribution is 5.96. The van der Waals surface area contributed by atoms with Crippen molar-refractivity contribution in [3.05, 3.63) is 71.5 Å². The maximum atomic E-state index is 13.1. The zero-order chi connectivity index (χ0) is 17.4. The lowest BCUT2D eigenvalue weighted by Gasteiger charge is -2.18. The maximum Gasteiger partial charge on any atom is 0.251 e. The van der Waals surface area contributed by atoms with Crippen LogP contribution in [0.15, 0.2) is 54.6 Å². The van der Waals surface area contributed by atoms with E-state index in [-0.39, 0.29) is 30.7 Å². The third kappa shape index (κ3) is 5.17. The molecule has 0 bridgehead atoms. The molecule has 0 aliphatic carbocycles. The van der Waals surface area contributed by atoms with Crippen LogP contribution in [0.25, 0.3) is 0 Å². The van der Waals surface area contributed by atoms with Crippen LogP contribution in [-0.4, -0.2) is 30.1 Å². The largest absolute Gasteiger partial charge is 0.396 e. The molecule has 2 aromatic rings. The molecule has 0 saturated carbocycles. The van der Waals surface area contributed by atoms with Crippen molar-refractivity contribution in [3.8, 4) is 0 Å². The summed E-state index contributed by atoms with van der Waals surface area (Å²) in [4.78, 5) is 23.9. The Morgan fingerprint density at radius 3 is 2.50 bits per heavy atom. The number of aliphatic hydroxyl groups excluding tert-OH is 1. The topological polar surface area (TPSA) is 78.4 Å². The highest BCUT2D eigenvalue weighted by Gasteiger charge is 2.15. The van der Waals surface area contributed by atoms with Crippen LogP contribution in [0.2, 0.25) is 0 Å². The van der Waals surface area contributed by atoms with Crippen molar-refractivity contribution in [3.63, 3.8) is 0 Å². The van der Waals surface area contributed by atoms with Crippen LogP contribution in [0.3, 0.4) is 0 Å². The van der Waals surface area contributed by atoms with Crippen LogP contribution in [0.5, 0.6) is 0 Å². The molecule has 0 aliphatic heterocycles. The molecule has 0 heterocycles. The van der Waals surface area contributed by atoms with E-state index in [4.69, 9.17) is 5.11 Å². The Hall–Kier alpha value is -2.73. The van der Waals surface area contributed by atoms with Gasteiger partial charge in [-0.05, 0) is 30.2 Å². The Bertz CT molecular complexity index is 692. The number of halogens is 1. The normalized spacial score (nSPS) is 11.6. The van der Waals surface area contributed by atoms with Gasteiger partial charge in [0.15, 0.2) is 0 Å². The first-order valence-corrected chi connectivity index (χ1v) is 7.59. The molecule has 1 unspecified atom stereocenters. The number of benzene rings is 2. The Balaban J connectivity index is 1.90. The fourth-order valence-electron chi connectivity index (χ4n) is 2.27. The number of rotatable bonds is 7. The summed E-state index contributed by atoms with van der Waals surface area (Å²) in [5.74, 6) is -1.43. The third-order valence-electron chi connectivity index (χ3n) is 3.45. The zero-order valence-corrected chi connectivity index (χ0v) is 13.0. The summed E-state index contributed by atoms with van der Waals surface area (Å²) < 4.78 is 13.1. The molecule has 0 spiro atoms. The minimum Gasteiger partial charge on any atom is -0.396 e. The van der Waals surface area contributed by atoms with E-state index in [9.17, 15) is 14.0 Å². The highest BCUT2D eigenvalue weighted by atomic mass is 19.1. The van der Waals surface area contributed by atoms with E-state index in [2.05, 4.69) is 10.6 Å². The van der Waals surface area contributed by atoms with Crippen molar-refractivity contribution in [1.82, 2.24) is 10.6 Å². The van der Waals surface area contributed by atoms with Crippen LogP contribution in [0, 0.1) is 5.82 Å². The molecule has 0 saturated heterocycles. The molecule has 2 rings (SSSR count). The van der Waals surface area contributed by atoms with E-state index in [1.807, 2.05) is 30.3 Å². The van der Waals surface area contributed by atoms with Gasteiger partial charge in [0.1, 0.15) is 5.82 Å². The summed E-state index contributed by atoms with van der Waals surface area (Å²) in [5, 5.41) is 14.4. The number of carbonyl (C=O) groups excluding carboxylic acids is 2. The molecule has 0 aliphatic rings. The van der Waals surface area contributed by atoms with Crippen LogP contribution < -0.4 is 10.6 Å². The van der Waals surface area contributed by atoms with Crippen molar-refractivity contribution in [2.75, 3.05) is 13.2 Å². The Morgan fingerprint density at radius 2 is 1.83 bits per heavy atom. The van der Waals surface area contributed by atoms with Crippen LogP contribution in [0.4, 0.5) is 4.39 Å². The predicted octanol–water partition coefficient (Wildman–Crippen LogP) is 1.80. The summed E-state index contributed by atoms with van der Waals surface area (Å²) in [7, 11) is 0. The van der Waals surface area contributed by atoms with Gasteiger partial charge in [-0.2, -0.15) is 0 Å². The molecule has 24 heavy (non-hydrogen) atoms. The highest BCUT2D eigenvalue weighted by Crippen LogP contribution is 2.15. The minimum absolute atomic E-state index is 0.0739. The molecule has 6 heteroatoms. The Morgan fingerprint density at radius 1 is 1.08 bits per heavy atom. The molecule has 2 amide bonds. The van der Waals surface area contributed by atoms with Gasteiger partial charge in [-0.1, -0.05) is 36.4 Å². The van der Waals surface area contributed by atoms with Crippen LogP contribution >= 0.6 is 0 Å². The SMILES string of the molecule is O=C(CNC(=O)c1cccc(F)c1)NC(CCO)c1ccccc1. The van der Waals surface area contributed by atoms with Crippen molar-refractivity contribution in [2.45, 2.75) is 12.5 Å². The van der Waals surface area contributed by atoms with Crippen molar-refractivity contribution >= 4 is 11.8 Å². The minimum atomic E-state index is -0.525. The number of amides is 2. The average Bonchev–Trinajstić information content (AvgIpc) is 2.60. The van der Waals surface area contributed by atoms with Crippen molar-refractivity contribution < 1.29 is 19.1 Å². The molecule has 0 radical (unpaired) electrons. The maximum absolute atomic E-state index is 13.1. The molecule has 0 aromatic heterocycles. The monoisotopic (exact) mass is 330 g/mol. The summed E-state index contributed by atoms with van der Waals surface area (Å²) in [6.45, 7) is -0.306. The summed E-state index contributed by atoms with van der Waals surface area (Å²) in [5.41, 5.74) is 1.02. The van der Waals surface area contributed by atoms with Gasteiger partial charge in [0.05, 0.1) is 12.6 Å². The Kier molecular flexibility index (Phi) is 6.45. The zero-order valence-electron chi connectivity index (χ0n) is 13.0.